The molecule has 1 unspecified atom stereocenters. The van der Waals surface area contributed by atoms with Crippen LogP contribution in [0.5, 0.6) is 0 Å². The quantitative estimate of drug-likeness (QED) is 0.833. The van der Waals surface area contributed by atoms with E-state index in [1.54, 1.807) is 7.11 Å². The second kappa shape index (κ2) is 6.68. The molecule has 0 saturated carbocycles. The molecule has 1 heterocycles. The molecule has 116 valence electrons. The fourth-order valence-corrected chi connectivity index (χ4v) is 2.48. The van der Waals surface area contributed by atoms with E-state index < -0.39 is 5.60 Å². The van der Waals surface area contributed by atoms with Crippen molar-refractivity contribution in [2.24, 2.45) is 5.41 Å². The van der Waals surface area contributed by atoms with Crippen LogP contribution in [0, 0.1) is 5.41 Å². The summed E-state index contributed by atoms with van der Waals surface area (Å²) in [5, 5.41) is 7.45. The van der Waals surface area contributed by atoms with Gasteiger partial charge in [0.1, 0.15) is 5.60 Å². The maximum atomic E-state index is 5.63. The summed E-state index contributed by atoms with van der Waals surface area (Å²) in [6.45, 7) is 10.7. The first-order chi connectivity index (χ1) is 9.32. The topological polar surface area (TPSA) is 60.2 Å². The molecule has 0 aliphatic heterocycles. The number of hydrogen-bond acceptors (Lipinski definition) is 5. The van der Waals surface area contributed by atoms with Crippen LogP contribution in [-0.4, -0.2) is 30.3 Å². The van der Waals surface area contributed by atoms with Crippen LogP contribution < -0.4 is 5.32 Å². The number of likely N-dealkylation sites (N-methyl/N-ethyl adjacent to an activating group) is 1. The summed E-state index contributed by atoms with van der Waals surface area (Å²) in [5.41, 5.74) is -0.296. The lowest BCUT2D eigenvalue weighted by Gasteiger charge is -2.29. The standard InChI is InChI=1S/C15H29N3O2/c1-8-15(9-2,19-7)13-17-12(20-18-13)10-11(16-6)14(3,4)5/h11,16H,8-10H2,1-7H3. The number of hydrogen-bond donors (Lipinski definition) is 1. The Morgan fingerprint density at radius 3 is 2.25 bits per heavy atom. The van der Waals surface area contributed by atoms with E-state index in [1.165, 1.54) is 0 Å². The zero-order valence-corrected chi connectivity index (χ0v) is 13.9. The average molecular weight is 283 g/mol. The Hall–Kier alpha value is -0.940. The summed E-state index contributed by atoms with van der Waals surface area (Å²) in [5.74, 6) is 1.32. The Kier molecular flexibility index (Phi) is 5.71. The fourth-order valence-electron chi connectivity index (χ4n) is 2.48. The number of aromatic nitrogens is 2. The van der Waals surface area contributed by atoms with Crippen LogP contribution in [0.1, 0.15) is 59.2 Å². The van der Waals surface area contributed by atoms with E-state index in [0.29, 0.717) is 11.7 Å². The molecule has 5 heteroatoms. The Morgan fingerprint density at radius 2 is 1.85 bits per heavy atom. The molecule has 1 N–H and O–H groups in total. The maximum Gasteiger partial charge on any atom is 0.228 e. The van der Waals surface area contributed by atoms with Crippen molar-refractivity contribution >= 4 is 0 Å². The number of rotatable bonds is 7. The van der Waals surface area contributed by atoms with Gasteiger partial charge in [-0.25, -0.2) is 0 Å². The molecule has 0 aromatic carbocycles. The lowest BCUT2D eigenvalue weighted by atomic mass is 9.85. The molecule has 0 spiro atoms. The van der Waals surface area contributed by atoms with Crippen LogP contribution in [0.4, 0.5) is 0 Å². The van der Waals surface area contributed by atoms with Gasteiger partial charge in [-0.15, -0.1) is 0 Å². The molecule has 5 nitrogen and oxygen atoms in total. The van der Waals surface area contributed by atoms with Crippen LogP contribution in [0.25, 0.3) is 0 Å². The highest BCUT2D eigenvalue weighted by molar-refractivity contribution is 5.02. The molecular weight excluding hydrogens is 254 g/mol. The average Bonchev–Trinajstić information content (AvgIpc) is 2.86. The molecule has 0 fully saturated rings. The zero-order chi connectivity index (χ0) is 15.4. The first-order valence-electron chi connectivity index (χ1n) is 7.38. The molecule has 0 amide bonds. The van der Waals surface area contributed by atoms with Gasteiger partial charge in [-0.2, -0.15) is 4.98 Å². The molecule has 20 heavy (non-hydrogen) atoms. The van der Waals surface area contributed by atoms with Gasteiger partial charge in [0.25, 0.3) is 0 Å². The second-order valence-corrected chi connectivity index (χ2v) is 6.33. The molecule has 1 aromatic heterocycles. The summed E-state index contributed by atoms with van der Waals surface area (Å²) < 4.78 is 11.1. The molecule has 0 aliphatic rings. The summed E-state index contributed by atoms with van der Waals surface area (Å²) in [6.07, 6.45) is 2.38. The maximum absolute atomic E-state index is 5.63. The van der Waals surface area contributed by atoms with E-state index in [0.717, 1.165) is 19.3 Å². The largest absolute Gasteiger partial charge is 0.370 e. The van der Waals surface area contributed by atoms with Crippen molar-refractivity contribution in [3.05, 3.63) is 11.7 Å². The Morgan fingerprint density at radius 1 is 1.25 bits per heavy atom. The van der Waals surface area contributed by atoms with E-state index in [4.69, 9.17) is 9.26 Å². The van der Waals surface area contributed by atoms with Crippen molar-refractivity contribution in [2.75, 3.05) is 14.2 Å². The predicted octanol–water partition coefficient (Wildman–Crippen LogP) is 2.91. The minimum Gasteiger partial charge on any atom is -0.370 e. The van der Waals surface area contributed by atoms with E-state index in [-0.39, 0.29) is 11.5 Å². The van der Waals surface area contributed by atoms with E-state index in [2.05, 4.69) is 50.1 Å². The van der Waals surface area contributed by atoms with Gasteiger partial charge in [-0.3, -0.25) is 0 Å². The van der Waals surface area contributed by atoms with Crippen LogP contribution >= 0.6 is 0 Å². The molecule has 0 radical (unpaired) electrons. The van der Waals surface area contributed by atoms with Crippen molar-refractivity contribution in [3.63, 3.8) is 0 Å². The Balaban J connectivity index is 2.92. The third kappa shape index (κ3) is 3.58. The molecule has 0 aliphatic carbocycles. The smallest absolute Gasteiger partial charge is 0.228 e. The highest BCUT2D eigenvalue weighted by Crippen LogP contribution is 2.30. The van der Waals surface area contributed by atoms with Gasteiger partial charge in [-0.05, 0) is 25.3 Å². The zero-order valence-electron chi connectivity index (χ0n) is 13.9. The van der Waals surface area contributed by atoms with Crippen molar-refractivity contribution in [1.82, 2.24) is 15.5 Å². The number of nitrogens with one attached hydrogen (secondary N) is 1. The van der Waals surface area contributed by atoms with E-state index >= 15 is 0 Å². The molecular formula is C15H29N3O2. The van der Waals surface area contributed by atoms with Gasteiger partial charge in [0.15, 0.2) is 0 Å². The lowest BCUT2D eigenvalue weighted by molar-refractivity contribution is -0.0306. The summed E-state index contributed by atoms with van der Waals surface area (Å²) in [4.78, 5) is 4.55. The third-order valence-corrected chi connectivity index (χ3v) is 4.18. The van der Waals surface area contributed by atoms with Crippen LogP contribution in [-0.2, 0) is 16.8 Å². The molecule has 1 atom stereocenters. The fraction of sp³-hybridized carbons (Fsp3) is 0.867. The highest BCUT2D eigenvalue weighted by atomic mass is 16.5. The van der Waals surface area contributed by atoms with Crippen molar-refractivity contribution < 1.29 is 9.26 Å². The number of ether oxygens (including phenoxy) is 1. The normalized spacial score (nSPS) is 14.6. The van der Waals surface area contributed by atoms with Gasteiger partial charge >= 0.3 is 0 Å². The van der Waals surface area contributed by atoms with Gasteiger partial charge < -0.3 is 14.6 Å². The third-order valence-electron chi connectivity index (χ3n) is 4.18. The van der Waals surface area contributed by atoms with Gasteiger partial charge in [0.2, 0.25) is 11.7 Å². The molecule has 0 bridgehead atoms. The van der Waals surface area contributed by atoms with Crippen molar-refractivity contribution in [2.45, 2.75) is 65.5 Å². The highest BCUT2D eigenvalue weighted by Gasteiger charge is 2.34. The number of nitrogens with zero attached hydrogens (tertiary/aromatic N) is 2. The minimum absolute atomic E-state index is 0.136. The molecule has 0 saturated heterocycles. The lowest BCUT2D eigenvalue weighted by Crippen LogP contribution is -2.39. The summed E-state index contributed by atoms with van der Waals surface area (Å²) >= 11 is 0. The first-order valence-corrected chi connectivity index (χ1v) is 7.38. The first kappa shape index (κ1) is 17.1. The summed E-state index contributed by atoms with van der Waals surface area (Å²) in [6, 6.07) is 0.288. The van der Waals surface area contributed by atoms with Crippen LogP contribution in [0.15, 0.2) is 4.52 Å². The Labute approximate surface area is 122 Å². The van der Waals surface area contributed by atoms with Crippen molar-refractivity contribution in [1.29, 1.82) is 0 Å². The summed E-state index contributed by atoms with van der Waals surface area (Å²) in [7, 11) is 3.67. The number of methoxy groups -OCH3 is 1. The molecule has 1 aromatic rings. The van der Waals surface area contributed by atoms with Crippen LogP contribution in [0.3, 0.4) is 0 Å². The van der Waals surface area contributed by atoms with E-state index in [9.17, 15) is 0 Å². The minimum atomic E-state index is -0.432. The SMILES string of the molecule is CCC(CC)(OC)c1noc(CC(NC)C(C)(C)C)n1. The van der Waals surface area contributed by atoms with Gasteiger partial charge in [0, 0.05) is 19.6 Å². The Bertz CT molecular complexity index is 397. The monoisotopic (exact) mass is 283 g/mol. The van der Waals surface area contributed by atoms with Gasteiger partial charge in [-0.1, -0.05) is 39.8 Å². The van der Waals surface area contributed by atoms with Gasteiger partial charge in [0.05, 0.1) is 0 Å². The molecule has 1 rings (SSSR count). The second-order valence-electron chi connectivity index (χ2n) is 6.33. The van der Waals surface area contributed by atoms with Crippen LogP contribution in [0.2, 0.25) is 0 Å². The van der Waals surface area contributed by atoms with E-state index in [1.807, 2.05) is 7.05 Å². The predicted molar refractivity (Wildman–Crippen MR) is 79.6 cm³/mol. The van der Waals surface area contributed by atoms with Crippen molar-refractivity contribution in [3.8, 4) is 0 Å².